The van der Waals surface area contributed by atoms with Gasteiger partial charge < -0.3 is 20.9 Å². The Balaban J connectivity index is 1.09. The second kappa shape index (κ2) is 15.9. The summed E-state index contributed by atoms with van der Waals surface area (Å²) in [7, 11) is 0. The summed E-state index contributed by atoms with van der Waals surface area (Å²) in [5.41, 5.74) is 6.47. The summed E-state index contributed by atoms with van der Waals surface area (Å²) < 4.78 is 1.59. The summed E-state index contributed by atoms with van der Waals surface area (Å²) in [6, 6.07) is 37.1. The van der Waals surface area contributed by atoms with Gasteiger partial charge in [-0.1, -0.05) is 108 Å². The molecule has 8 nitrogen and oxygen atoms in total. The van der Waals surface area contributed by atoms with Crippen molar-refractivity contribution in [3.8, 4) is 0 Å². The van der Waals surface area contributed by atoms with E-state index < -0.39 is 12.0 Å². The molecule has 0 radical (unpaired) electrons. The lowest BCUT2D eigenvalue weighted by molar-refractivity contribution is -0.126. The van der Waals surface area contributed by atoms with Crippen LogP contribution in [0.5, 0.6) is 0 Å². The summed E-state index contributed by atoms with van der Waals surface area (Å²) >= 11 is 8.89. The number of para-hydroxylation sites is 1. The van der Waals surface area contributed by atoms with E-state index in [1.54, 1.807) is 18.2 Å². The van der Waals surface area contributed by atoms with E-state index in [9.17, 15) is 14.4 Å². The van der Waals surface area contributed by atoms with Gasteiger partial charge in [-0.2, -0.15) is 0 Å². The van der Waals surface area contributed by atoms with E-state index in [0.29, 0.717) is 16.4 Å². The standard InChI is InChI=1S/C41H34ClN5O3S2/c1-25-16-17-29(42)21-34(25)45-37(48)24-51-41-47-33-19-18-30(22-36(33)52-41)44-39(49)35(20-28-23-43-32-15-9-8-14-31(28)32)46-40(50)38(26-10-4-2-5-11-26)27-12-6-3-7-13-27/h2-19,21-23,35,38,43H,20,24H2,1H3,(H,44,49)(H,45,48)(H,46,50)/t35-/m0/s1. The second-order valence-corrected chi connectivity index (χ2v) is 15.0. The van der Waals surface area contributed by atoms with Crippen molar-refractivity contribution in [3.05, 3.63) is 155 Å². The van der Waals surface area contributed by atoms with E-state index in [-0.39, 0.29) is 29.9 Å². The molecule has 11 heteroatoms. The number of aromatic amines is 1. The Labute approximate surface area is 314 Å². The highest BCUT2D eigenvalue weighted by atomic mass is 35.5. The predicted molar refractivity (Wildman–Crippen MR) is 212 cm³/mol. The van der Waals surface area contributed by atoms with Crippen LogP contribution in [0.2, 0.25) is 5.02 Å². The van der Waals surface area contributed by atoms with Crippen molar-refractivity contribution in [3.63, 3.8) is 0 Å². The quantitative estimate of drug-likeness (QED) is 0.0933. The first-order valence-corrected chi connectivity index (χ1v) is 18.8. The van der Waals surface area contributed by atoms with Gasteiger partial charge >= 0.3 is 0 Å². The lowest BCUT2D eigenvalue weighted by Gasteiger charge is -2.23. The Hall–Kier alpha value is -5.42. The molecule has 7 rings (SSSR count). The minimum atomic E-state index is -0.883. The number of nitrogens with zero attached hydrogens (tertiary/aromatic N) is 1. The molecule has 0 aliphatic heterocycles. The highest BCUT2D eigenvalue weighted by Crippen LogP contribution is 2.32. The topological polar surface area (TPSA) is 116 Å². The summed E-state index contributed by atoms with van der Waals surface area (Å²) in [5, 5.41) is 10.6. The number of carbonyl (C=O) groups is 3. The Morgan fingerprint density at radius 3 is 2.29 bits per heavy atom. The van der Waals surface area contributed by atoms with Crippen LogP contribution in [0, 0.1) is 6.92 Å². The van der Waals surface area contributed by atoms with Gasteiger partial charge in [-0.3, -0.25) is 14.4 Å². The lowest BCUT2D eigenvalue weighted by atomic mass is 9.90. The Morgan fingerprint density at radius 1 is 0.827 bits per heavy atom. The molecule has 0 saturated heterocycles. The van der Waals surface area contributed by atoms with Crippen LogP contribution in [0.4, 0.5) is 11.4 Å². The number of amides is 3. The summed E-state index contributed by atoms with van der Waals surface area (Å²) in [6.45, 7) is 1.91. The second-order valence-electron chi connectivity index (χ2n) is 12.3. The van der Waals surface area contributed by atoms with Crippen molar-refractivity contribution in [1.29, 1.82) is 0 Å². The van der Waals surface area contributed by atoms with Gasteiger partial charge in [0, 0.05) is 39.9 Å². The fraction of sp³-hybridized carbons (Fsp3) is 0.122. The predicted octanol–water partition coefficient (Wildman–Crippen LogP) is 8.97. The summed E-state index contributed by atoms with van der Waals surface area (Å²) in [4.78, 5) is 49.0. The number of benzene rings is 5. The van der Waals surface area contributed by atoms with Gasteiger partial charge in [0.1, 0.15) is 6.04 Å². The van der Waals surface area contributed by atoms with Crippen LogP contribution in [-0.2, 0) is 20.8 Å². The van der Waals surface area contributed by atoms with Crippen LogP contribution in [-0.4, -0.2) is 39.5 Å². The average Bonchev–Trinajstić information content (AvgIpc) is 3.76. The monoisotopic (exact) mass is 743 g/mol. The number of hydrogen-bond donors (Lipinski definition) is 4. The molecular weight excluding hydrogens is 710 g/mol. The van der Waals surface area contributed by atoms with Crippen molar-refractivity contribution < 1.29 is 14.4 Å². The van der Waals surface area contributed by atoms with Gasteiger partial charge in [0.05, 0.1) is 21.9 Å². The molecule has 0 aliphatic rings. The van der Waals surface area contributed by atoms with E-state index in [1.807, 2.05) is 116 Å². The van der Waals surface area contributed by atoms with Crippen LogP contribution in [0.25, 0.3) is 21.1 Å². The van der Waals surface area contributed by atoms with Crippen molar-refractivity contribution in [2.24, 2.45) is 0 Å². The average molecular weight is 744 g/mol. The number of fused-ring (bicyclic) bond motifs is 2. The number of nitrogens with one attached hydrogen (secondary N) is 4. The van der Waals surface area contributed by atoms with Gasteiger partial charge in [-0.25, -0.2) is 4.98 Å². The number of aryl methyl sites for hydroxylation is 1. The number of thioether (sulfide) groups is 1. The molecule has 260 valence electrons. The normalized spacial score (nSPS) is 11.8. The molecule has 5 aromatic carbocycles. The summed E-state index contributed by atoms with van der Waals surface area (Å²) in [6.07, 6.45) is 2.17. The molecular formula is C41H34ClN5O3S2. The van der Waals surface area contributed by atoms with E-state index in [4.69, 9.17) is 11.6 Å². The highest BCUT2D eigenvalue weighted by molar-refractivity contribution is 8.01. The van der Waals surface area contributed by atoms with E-state index in [0.717, 1.165) is 47.7 Å². The van der Waals surface area contributed by atoms with Crippen molar-refractivity contribution in [2.75, 3.05) is 16.4 Å². The number of halogens is 1. The number of hydrogen-bond acceptors (Lipinski definition) is 6. The van der Waals surface area contributed by atoms with Gasteiger partial charge in [-0.05, 0) is 65.6 Å². The fourth-order valence-electron chi connectivity index (χ4n) is 6.09. The maximum absolute atomic E-state index is 14.2. The minimum absolute atomic E-state index is 0.160. The molecule has 4 N–H and O–H groups in total. The zero-order valence-electron chi connectivity index (χ0n) is 28.1. The third kappa shape index (κ3) is 8.21. The van der Waals surface area contributed by atoms with Gasteiger partial charge in [-0.15, -0.1) is 11.3 Å². The number of rotatable bonds is 12. The zero-order chi connectivity index (χ0) is 36.0. The SMILES string of the molecule is Cc1ccc(Cl)cc1NC(=O)CSc1nc2ccc(NC(=O)[C@H](Cc3c[nH]c4ccccc34)NC(=O)C(c3ccccc3)c3ccccc3)cc2s1. The van der Waals surface area contributed by atoms with Crippen molar-refractivity contribution in [1.82, 2.24) is 15.3 Å². The molecule has 52 heavy (non-hydrogen) atoms. The largest absolute Gasteiger partial charge is 0.361 e. The maximum Gasteiger partial charge on any atom is 0.247 e. The molecule has 2 aromatic heterocycles. The molecule has 0 saturated carbocycles. The Morgan fingerprint density at radius 2 is 1.54 bits per heavy atom. The smallest absolute Gasteiger partial charge is 0.247 e. The van der Waals surface area contributed by atoms with Gasteiger partial charge in [0.2, 0.25) is 17.7 Å². The first-order valence-electron chi connectivity index (χ1n) is 16.7. The molecule has 0 fully saturated rings. The number of carbonyl (C=O) groups excluding carboxylic acids is 3. The van der Waals surface area contributed by atoms with E-state index >= 15 is 0 Å². The van der Waals surface area contributed by atoms with Crippen LogP contribution >= 0.6 is 34.7 Å². The van der Waals surface area contributed by atoms with Gasteiger partial charge in [0.15, 0.2) is 4.34 Å². The summed E-state index contributed by atoms with van der Waals surface area (Å²) in [5.74, 6) is -1.21. The zero-order valence-corrected chi connectivity index (χ0v) is 30.4. The lowest BCUT2D eigenvalue weighted by Crippen LogP contribution is -2.47. The minimum Gasteiger partial charge on any atom is -0.361 e. The third-order valence-corrected chi connectivity index (χ3v) is 11.1. The molecule has 1 atom stereocenters. The molecule has 0 aliphatic carbocycles. The van der Waals surface area contributed by atoms with E-state index in [2.05, 4.69) is 25.9 Å². The molecule has 3 amide bonds. The third-order valence-electron chi connectivity index (χ3n) is 8.70. The molecule has 0 spiro atoms. The van der Waals surface area contributed by atoms with Crippen LogP contribution in [0.3, 0.4) is 0 Å². The number of H-pyrrole nitrogens is 1. The van der Waals surface area contributed by atoms with E-state index in [1.165, 1.54) is 23.1 Å². The van der Waals surface area contributed by atoms with Crippen LogP contribution in [0.1, 0.15) is 28.2 Å². The van der Waals surface area contributed by atoms with Gasteiger partial charge in [0.25, 0.3) is 0 Å². The van der Waals surface area contributed by atoms with Crippen molar-refractivity contribution >= 4 is 84.9 Å². The Bertz CT molecular complexity index is 2340. The molecule has 0 unspecified atom stereocenters. The Kier molecular flexibility index (Phi) is 10.7. The number of anilines is 2. The molecule has 7 aromatic rings. The molecule has 2 heterocycles. The van der Waals surface area contributed by atoms with Crippen LogP contribution in [0.15, 0.2) is 132 Å². The molecule has 0 bridgehead atoms. The number of aromatic nitrogens is 2. The first-order chi connectivity index (χ1) is 25.3. The first kappa shape index (κ1) is 35.0. The highest BCUT2D eigenvalue weighted by Gasteiger charge is 2.29. The number of thiazole rings is 1. The van der Waals surface area contributed by atoms with Crippen LogP contribution < -0.4 is 16.0 Å². The van der Waals surface area contributed by atoms with Crippen molar-refractivity contribution in [2.45, 2.75) is 29.6 Å². The fourth-order valence-corrected chi connectivity index (χ4v) is 8.17. The maximum atomic E-state index is 14.2.